The third-order valence-electron chi connectivity index (χ3n) is 6.85. The van der Waals surface area contributed by atoms with Crippen LogP contribution in [0.15, 0.2) is 48.7 Å². The van der Waals surface area contributed by atoms with Crippen LogP contribution in [0.1, 0.15) is 89.6 Å². The van der Waals surface area contributed by atoms with Crippen molar-refractivity contribution in [3.05, 3.63) is 82.2 Å². The van der Waals surface area contributed by atoms with Crippen molar-refractivity contribution in [2.75, 3.05) is 5.32 Å². The zero-order valence-electron chi connectivity index (χ0n) is 23.2. The van der Waals surface area contributed by atoms with E-state index in [4.69, 9.17) is 4.98 Å². The fourth-order valence-corrected chi connectivity index (χ4v) is 4.71. The molecule has 0 aliphatic heterocycles. The second-order valence-electron chi connectivity index (χ2n) is 10.2. The normalized spacial score (nSPS) is 12.7. The zero-order chi connectivity index (χ0) is 27.7. The van der Waals surface area contributed by atoms with E-state index in [1.54, 1.807) is 12.1 Å². The molecule has 202 valence electrons. The number of Topliss-reactive ketones (excluding diaryl/α,β-unsaturated/α-hetero) is 1. The van der Waals surface area contributed by atoms with Crippen LogP contribution in [-0.2, 0) is 13.0 Å². The van der Waals surface area contributed by atoms with Gasteiger partial charge in [-0.2, -0.15) is 0 Å². The topological polar surface area (TPSA) is 104 Å². The molecule has 0 radical (unpaired) electrons. The summed E-state index contributed by atoms with van der Waals surface area (Å²) in [5.74, 6) is -0.0980. The summed E-state index contributed by atoms with van der Waals surface area (Å²) in [6.07, 6.45) is 5.84. The van der Waals surface area contributed by atoms with E-state index in [-0.39, 0.29) is 11.3 Å². The molecule has 0 spiro atoms. The predicted molar refractivity (Wildman–Crippen MR) is 152 cm³/mol. The number of carboxylic acids is 1. The van der Waals surface area contributed by atoms with Gasteiger partial charge >= 0.3 is 5.97 Å². The summed E-state index contributed by atoms with van der Waals surface area (Å²) in [7, 11) is 0. The molecule has 0 amide bonds. The van der Waals surface area contributed by atoms with Crippen LogP contribution in [0.4, 0.5) is 11.6 Å². The molecule has 3 rings (SSSR count). The molecule has 0 fully saturated rings. The van der Waals surface area contributed by atoms with Crippen molar-refractivity contribution < 1.29 is 14.7 Å². The third kappa shape index (κ3) is 8.48. The number of hydrogen-bond donors (Lipinski definition) is 3. The van der Waals surface area contributed by atoms with Gasteiger partial charge in [0, 0.05) is 36.5 Å². The van der Waals surface area contributed by atoms with Gasteiger partial charge in [0.25, 0.3) is 0 Å². The van der Waals surface area contributed by atoms with Gasteiger partial charge in [-0.25, -0.2) is 14.8 Å². The molecule has 1 heterocycles. The molecule has 0 saturated heterocycles. The van der Waals surface area contributed by atoms with E-state index >= 15 is 0 Å². The minimum absolute atomic E-state index is 0.0154. The number of rotatable bonds is 14. The van der Waals surface area contributed by atoms with Gasteiger partial charge in [0.1, 0.15) is 0 Å². The Kier molecular flexibility index (Phi) is 10.5. The molecule has 3 aromatic rings. The monoisotopic (exact) mass is 516 g/mol. The van der Waals surface area contributed by atoms with E-state index in [0.29, 0.717) is 36.4 Å². The van der Waals surface area contributed by atoms with Gasteiger partial charge in [-0.15, -0.1) is 0 Å². The summed E-state index contributed by atoms with van der Waals surface area (Å²) in [5.41, 5.74) is 6.08. The highest BCUT2D eigenvalue weighted by Gasteiger charge is 2.16. The van der Waals surface area contributed by atoms with Crippen LogP contribution < -0.4 is 10.6 Å². The van der Waals surface area contributed by atoms with Gasteiger partial charge in [0.2, 0.25) is 5.95 Å². The molecule has 7 nitrogen and oxygen atoms in total. The Morgan fingerprint density at radius 2 is 1.74 bits per heavy atom. The average Bonchev–Trinajstić information content (AvgIpc) is 2.89. The minimum Gasteiger partial charge on any atom is -0.478 e. The summed E-state index contributed by atoms with van der Waals surface area (Å²) >= 11 is 0. The quantitative estimate of drug-likeness (QED) is 0.206. The van der Waals surface area contributed by atoms with Crippen LogP contribution in [0.5, 0.6) is 0 Å². The van der Waals surface area contributed by atoms with Gasteiger partial charge in [0.15, 0.2) is 5.78 Å². The van der Waals surface area contributed by atoms with Crippen LogP contribution in [-0.4, -0.2) is 32.9 Å². The van der Waals surface area contributed by atoms with Crippen molar-refractivity contribution in [2.24, 2.45) is 5.92 Å². The second-order valence-corrected chi connectivity index (χ2v) is 10.2. The van der Waals surface area contributed by atoms with Crippen molar-refractivity contribution >= 4 is 23.4 Å². The molecule has 38 heavy (non-hydrogen) atoms. The number of ketones is 1. The summed E-state index contributed by atoms with van der Waals surface area (Å²) in [6.45, 7) is 11.3. The van der Waals surface area contributed by atoms with Crippen LogP contribution in [0, 0.1) is 19.8 Å². The van der Waals surface area contributed by atoms with E-state index < -0.39 is 5.97 Å². The number of aromatic carboxylic acids is 1. The molecule has 2 unspecified atom stereocenters. The Morgan fingerprint density at radius 3 is 2.39 bits per heavy atom. The number of nitrogens with one attached hydrogen (secondary N) is 2. The Labute approximate surface area is 226 Å². The molecule has 0 aliphatic rings. The maximum Gasteiger partial charge on any atom is 0.335 e. The summed E-state index contributed by atoms with van der Waals surface area (Å²) < 4.78 is 0. The third-order valence-corrected chi connectivity index (χ3v) is 6.85. The fraction of sp³-hybridized carbons (Fsp3) is 0.419. The van der Waals surface area contributed by atoms with E-state index in [1.165, 1.54) is 23.3 Å². The highest BCUT2D eigenvalue weighted by molar-refractivity contribution is 5.98. The first-order chi connectivity index (χ1) is 18.2. The summed E-state index contributed by atoms with van der Waals surface area (Å²) in [4.78, 5) is 33.2. The standard InChI is InChI=1S/C31H40N4O3/c1-6-23-18-33-31(34-27-15-21(4)13-22(5)16-27)35-28(23)19-32-26(7-2)14-20(3)11-12-29(36)24-9-8-10-25(17-24)30(37)38/h8-10,13,15-18,20,26,32H,6-7,11-12,14,19H2,1-5H3,(H,37,38)(H,33,34,35). The molecule has 7 heteroatoms. The smallest absolute Gasteiger partial charge is 0.335 e. The van der Waals surface area contributed by atoms with Gasteiger partial charge in [-0.1, -0.05) is 39.0 Å². The maximum absolute atomic E-state index is 12.6. The summed E-state index contributed by atoms with van der Waals surface area (Å²) in [5, 5.41) is 16.2. The van der Waals surface area contributed by atoms with Crippen LogP contribution in [0.2, 0.25) is 0 Å². The Hall–Kier alpha value is -3.58. The number of aromatic nitrogens is 2. The lowest BCUT2D eigenvalue weighted by molar-refractivity contribution is 0.0697. The highest BCUT2D eigenvalue weighted by Crippen LogP contribution is 2.20. The SMILES string of the molecule is CCc1cnc(Nc2cc(C)cc(C)c2)nc1CNC(CC)CC(C)CCC(=O)c1cccc(C(=O)O)c1. The molecule has 1 aromatic heterocycles. The molecular weight excluding hydrogens is 476 g/mol. The van der Waals surface area contributed by atoms with Crippen molar-refractivity contribution in [2.45, 2.75) is 79.3 Å². The van der Waals surface area contributed by atoms with Crippen LogP contribution in [0.25, 0.3) is 0 Å². The lowest BCUT2D eigenvalue weighted by Gasteiger charge is -2.22. The van der Waals surface area contributed by atoms with E-state index in [2.05, 4.69) is 68.4 Å². The number of nitrogens with zero attached hydrogens (tertiary/aromatic N) is 2. The van der Waals surface area contributed by atoms with Gasteiger partial charge in [-0.3, -0.25) is 4.79 Å². The molecule has 2 atom stereocenters. The first-order valence-electron chi connectivity index (χ1n) is 13.5. The highest BCUT2D eigenvalue weighted by atomic mass is 16.4. The molecule has 0 bridgehead atoms. The molecule has 0 aliphatic carbocycles. The Bertz CT molecular complexity index is 1240. The van der Waals surface area contributed by atoms with Gasteiger partial charge < -0.3 is 15.7 Å². The van der Waals surface area contributed by atoms with E-state index in [0.717, 1.165) is 42.6 Å². The number of carbonyl (C=O) groups is 2. The molecule has 0 saturated carbocycles. The first kappa shape index (κ1) is 29.0. The van der Waals surface area contributed by atoms with Gasteiger partial charge in [0.05, 0.1) is 11.3 Å². The number of hydrogen-bond acceptors (Lipinski definition) is 6. The van der Waals surface area contributed by atoms with Crippen LogP contribution >= 0.6 is 0 Å². The van der Waals surface area contributed by atoms with Crippen LogP contribution in [0.3, 0.4) is 0 Å². The first-order valence-corrected chi connectivity index (χ1v) is 13.5. The van der Waals surface area contributed by atoms with Crippen molar-refractivity contribution in [3.8, 4) is 0 Å². The lowest BCUT2D eigenvalue weighted by Crippen LogP contribution is -2.30. The van der Waals surface area contributed by atoms with E-state index in [9.17, 15) is 14.7 Å². The van der Waals surface area contributed by atoms with E-state index in [1.807, 2.05) is 6.20 Å². The number of carboxylic acid groups (broad SMARTS) is 1. The zero-order valence-corrected chi connectivity index (χ0v) is 23.2. The predicted octanol–water partition coefficient (Wildman–Crippen LogP) is 6.66. The number of anilines is 2. The van der Waals surface area contributed by atoms with Crippen molar-refractivity contribution in [3.63, 3.8) is 0 Å². The van der Waals surface area contributed by atoms with Gasteiger partial charge in [-0.05, 0) is 86.4 Å². The lowest BCUT2D eigenvalue weighted by atomic mass is 9.93. The number of carbonyl (C=O) groups excluding carboxylic acids is 1. The Balaban J connectivity index is 1.56. The molecule has 3 N–H and O–H groups in total. The molecule has 2 aromatic carbocycles. The number of aryl methyl sites for hydroxylation is 3. The molecular formula is C31H40N4O3. The number of benzene rings is 2. The Morgan fingerprint density at radius 1 is 1.03 bits per heavy atom. The summed E-state index contributed by atoms with van der Waals surface area (Å²) in [6, 6.07) is 12.9. The fourth-order valence-electron chi connectivity index (χ4n) is 4.71. The largest absolute Gasteiger partial charge is 0.478 e. The maximum atomic E-state index is 12.6. The second kappa shape index (κ2) is 13.8. The van der Waals surface area contributed by atoms with Crippen molar-refractivity contribution in [1.82, 2.24) is 15.3 Å². The minimum atomic E-state index is -1.02. The van der Waals surface area contributed by atoms with Crippen molar-refractivity contribution in [1.29, 1.82) is 0 Å². The average molecular weight is 517 g/mol.